The average molecular weight is 485 g/mol. The maximum atomic E-state index is 13.3. The Balaban J connectivity index is 1.53. The van der Waals surface area contributed by atoms with Crippen LogP contribution < -0.4 is 26.3 Å². The van der Waals surface area contributed by atoms with Crippen molar-refractivity contribution in [3.8, 4) is 11.5 Å². The molecule has 1 aromatic heterocycles. The van der Waals surface area contributed by atoms with Crippen LogP contribution in [0.4, 0.5) is 10.1 Å². The van der Waals surface area contributed by atoms with E-state index in [9.17, 15) is 18.8 Å². The van der Waals surface area contributed by atoms with Crippen LogP contribution in [0.2, 0.25) is 0 Å². The highest BCUT2D eigenvalue weighted by Crippen LogP contribution is 2.33. The van der Waals surface area contributed by atoms with Crippen LogP contribution in [0, 0.1) is 5.82 Å². The first-order valence-corrected chi connectivity index (χ1v) is 10.8. The second-order valence-electron chi connectivity index (χ2n) is 7.39. The van der Waals surface area contributed by atoms with E-state index in [2.05, 4.69) is 9.69 Å². The number of amides is 3. The average Bonchev–Trinajstić information content (AvgIpc) is 3.44. The molecule has 0 saturated heterocycles. The Labute approximate surface area is 197 Å². The third-order valence-electron chi connectivity index (χ3n) is 4.99. The molecular weight excluding hydrogens is 465 g/mol. The standard InChI is InChI=1S/C22H20FN5O5S/c23-14-4-1-12(2-5-14)8-26-17(29)10-28(9-13-3-6-15-16(7-13)33-11-32-15)22(31)20-18(24)19(21(25)30)27-34-20/h1-7H,8-11,24H2,(H2,25,30)(H,26,29). The molecule has 34 heavy (non-hydrogen) atoms. The minimum atomic E-state index is -0.854. The van der Waals surface area contributed by atoms with Gasteiger partial charge in [0.15, 0.2) is 17.2 Å². The van der Waals surface area contributed by atoms with Crippen molar-refractivity contribution >= 4 is 34.9 Å². The normalized spacial score (nSPS) is 11.8. The van der Waals surface area contributed by atoms with E-state index in [0.29, 0.717) is 22.6 Å². The highest BCUT2D eigenvalue weighted by molar-refractivity contribution is 7.09. The van der Waals surface area contributed by atoms with Gasteiger partial charge in [0.1, 0.15) is 17.2 Å². The number of anilines is 1. The van der Waals surface area contributed by atoms with Crippen LogP contribution in [0.1, 0.15) is 31.3 Å². The second-order valence-corrected chi connectivity index (χ2v) is 8.16. The van der Waals surface area contributed by atoms with Gasteiger partial charge in [0, 0.05) is 13.1 Å². The van der Waals surface area contributed by atoms with Gasteiger partial charge in [-0.3, -0.25) is 14.4 Å². The van der Waals surface area contributed by atoms with E-state index < -0.39 is 17.7 Å². The second kappa shape index (κ2) is 9.75. The number of ether oxygens (including phenoxy) is 2. The topological polar surface area (TPSA) is 150 Å². The summed E-state index contributed by atoms with van der Waals surface area (Å²) >= 11 is 0.731. The molecule has 12 heteroatoms. The van der Waals surface area contributed by atoms with Gasteiger partial charge in [-0.25, -0.2) is 4.39 Å². The fraction of sp³-hybridized carbons (Fsp3) is 0.182. The van der Waals surface area contributed by atoms with Gasteiger partial charge in [-0.15, -0.1) is 0 Å². The van der Waals surface area contributed by atoms with Gasteiger partial charge in [-0.2, -0.15) is 4.37 Å². The van der Waals surface area contributed by atoms with E-state index in [0.717, 1.165) is 11.5 Å². The molecule has 4 rings (SSSR count). The third-order valence-corrected chi connectivity index (χ3v) is 5.84. The van der Waals surface area contributed by atoms with Gasteiger partial charge in [0.05, 0.1) is 5.69 Å². The van der Waals surface area contributed by atoms with Gasteiger partial charge in [0.25, 0.3) is 11.8 Å². The summed E-state index contributed by atoms with van der Waals surface area (Å²) in [6, 6.07) is 10.9. The molecular formula is C22H20FN5O5S. The number of aromatic nitrogens is 1. The zero-order chi connectivity index (χ0) is 24.2. The fourth-order valence-corrected chi connectivity index (χ4v) is 4.04. The molecule has 2 heterocycles. The van der Waals surface area contributed by atoms with E-state index in [1.165, 1.54) is 17.0 Å². The minimum absolute atomic E-state index is 0.000813. The van der Waals surface area contributed by atoms with Crippen LogP contribution in [-0.4, -0.2) is 40.3 Å². The molecule has 176 valence electrons. The lowest BCUT2D eigenvalue weighted by molar-refractivity contribution is -0.122. The molecule has 3 amide bonds. The van der Waals surface area contributed by atoms with Gasteiger partial charge in [-0.1, -0.05) is 18.2 Å². The predicted octanol–water partition coefficient (Wildman–Crippen LogP) is 1.65. The van der Waals surface area contributed by atoms with Crippen molar-refractivity contribution in [3.05, 3.63) is 70.0 Å². The molecule has 0 radical (unpaired) electrons. The molecule has 0 atom stereocenters. The quantitative estimate of drug-likeness (QED) is 0.439. The Morgan fingerprint density at radius 1 is 1.09 bits per heavy atom. The van der Waals surface area contributed by atoms with Crippen molar-refractivity contribution in [2.45, 2.75) is 13.1 Å². The fourth-order valence-electron chi connectivity index (χ4n) is 3.26. The molecule has 0 aliphatic carbocycles. The summed E-state index contributed by atoms with van der Waals surface area (Å²) in [5.41, 5.74) is 12.2. The molecule has 1 aliphatic heterocycles. The van der Waals surface area contributed by atoms with Crippen molar-refractivity contribution in [3.63, 3.8) is 0 Å². The minimum Gasteiger partial charge on any atom is -0.454 e. The number of benzene rings is 2. The van der Waals surface area contributed by atoms with Crippen LogP contribution in [0.3, 0.4) is 0 Å². The van der Waals surface area contributed by atoms with Gasteiger partial charge in [0.2, 0.25) is 12.7 Å². The zero-order valence-electron chi connectivity index (χ0n) is 17.7. The van der Waals surface area contributed by atoms with Crippen LogP contribution in [-0.2, 0) is 17.9 Å². The number of halogens is 1. The molecule has 3 aromatic rings. The number of primary amides is 1. The summed E-state index contributed by atoms with van der Waals surface area (Å²) < 4.78 is 27.6. The highest BCUT2D eigenvalue weighted by atomic mass is 32.1. The highest BCUT2D eigenvalue weighted by Gasteiger charge is 2.27. The Morgan fingerprint density at radius 3 is 2.50 bits per heavy atom. The van der Waals surface area contributed by atoms with Gasteiger partial charge >= 0.3 is 0 Å². The Bertz CT molecular complexity index is 1250. The van der Waals surface area contributed by atoms with Crippen LogP contribution in [0.15, 0.2) is 42.5 Å². The van der Waals surface area contributed by atoms with E-state index in [4.69, 9.17) is 20.9 Å². The first kappa shape index (κ1) is 23.0. The number of hydrogen-bond donors (Lipinski definition) is 3. The SMILES string of the molecule is NC(=O)c1nsc(C(=O)N(CC(=O)NCc2ccc(F)cc2)Cc2ccc3c(c2)OCO3)c1N. The maximum absolute atomic E-state index is 13.3. The number of nitrogens with two attached hydrogens (primary N) is 2. The number of hydrogen-bond acceptors (Lipinski definition) is 8. The molecule has 0 spiro atoms. The lowest BCUT2D eigenvalue weighted by Crippen LogP contribution is -2.40. The number of rotatable bonds is 8. The number of nitrogen functional groups attached to an aromatic ring is 1. The van der Waals surface area contributed by atoms with Crippen LogP contribution in [0.5, 0.6) is 11.5 Å². The molecule has 2 aromatic carbocycles. The number of carbonyl (C=O) groups excluding carboxylic acids is 3. The van der Waals surface area contributed by atoms with Crippen molar-refractivity contribution < 1.29 is 28.2 Å². The first-order chi connectivity index (χ1) is 16.3. The Morgan fingerprint density at radius 2 is 1.79 bits per heavy atom. The van der Waals surface area contributed by atoms with E-state index in [-0.39, 0.29) is 48.5 Å². The van der Waals surface area contributed by atoms with Crippen molar-refractivity contribution in [1.82, 2.24) is 14.6 Å². The van der Waals surface area contributed by atoms with Gasteiger partial charge < -0.3 is 31.2 Å². The lowest BCUT2D eigenvalue weighted by atomic mass is 10.1. The predicted molar refractivity (Wildman–Crippen MR) is 121 cm³/mol. The summed E-state index contributed by atoms with van der Waals surface area (Å²) in [5.74, 6) is -1.16. The molecule has 0 bridgehead atoms. The number of nitrogens with one attached hydrogen (secondary N) is 1. The number of fused-ring (bicyclic) bond motifs is 1. The van der Waals surface area contributed by atoms with E-state index in [1.807, 2.05) is 0 Å². The lowest BCUT2D eigenvalue weighted by Gasteiger charge is -2.22. The number of carbonyl (C=O) groups is 3. The van der Waals surface area contributed by atoms with Crippen molar-refractivity contribution in [2.24, 2.45) is 5.73 Å². The van der Waals surface area contributed by atoms with Gasteiger partial charge in [-0.05, 0) is 46.9 Å². The first-order valence-electron chi connectivity index (χ1n) is 10.1. The molecule has 5 N–H and O–H groups in total. The maximum Gasteiger partial charge on any atom is 0.270 e. The molecule has 0 saturated carbocycles. The molecule has 1 aliphatic rings. The summed E-state index contributed by atoms with van der Waals surface area (Å²) in [6.45, 7) is -0.0133. The zero-order valence-corrected chi connectivity index (χ0v) is 18.6. The number of nitrogens with zero attached hydrogens (tertiary/aromatic N) is 2. The smallest absolute Gasteiger partial charge is 0.270 e. The van der Waals surface area contributed by atoms with Crippen molar-refractivity contribution in [1.29, 1.82) is 0 Å². The van der Waals surface area contributed by atoms with E-state index in [1.54, 1.807) is 30.3 Å². The summed E-state index contributed by atoms with van der Waals surface area (Å²) in [4.78, 5) is 38.7. The largest absolute Gasteiger partial charge is 0.454 e. The molecule has 0 unspecified atom stereocenters. The monoisotopic (exact) mass is 485 g/mol. The van der Waals surface area contributed by atoms with Crippen LogP contribution in [0.25, 0.3) is 0 Å². The van der Waals surface area contributed by atoms with E-state index >= 15 is 0 Å². The third kappa shape index (κ3) is 5.07. The van der Waals surface area contributed by atoms with Crippen LogP contribution >= 0.6 is 11.5 Å². The summed E-state index contributed by atoms with van der Waals surface area (Å²) in [7, 11) is 0. The molecule has 0 fully saturated rings. The Kier molecular flexibility index (Phi) is 6.59. The summed E-state index contributed by atoms with van der Waals surface area (Å²) in [5, 5.41) is 2.70. The summed E-state index contributed by atoms with van der Waals surface area (Å²) in [6.07, 6.45) is 0. The Hall–Kier alpha value is -4.19. The van der Waals surface area contributed by atoms with Crippen molar-refractivity contribution in [2.75, 3.05) is 19.1 Å². The molecule has 10 nitrogen and oxygen atoms in total.